The molecule has 206 valence electrons. The zero-order chi connectivity index (χ0) is 27.2. The van der Waals surface area contributed by atoms with E-state index < -0.39 is 23.5 Å². The second-order valence-electron chi connectivity index (χ2n) is 12.9. The van der Waals surface area contributed by atoms with E-state index in [1.54, 1.807) is 6.92 Å². The number of carbonyl (C=O) groups is 3. The lowest BCUT2D eigenvalue weighted by molar-refractivity contribution is -0.159. The number of aliphatic carboxylic acids is 1. The standard InChI is InChI=1S/C29H44N2O6/c1-17(2)14-24(26(34)35)30-25(33)16-37-31-20-8-11-27(4)19(15-20)6-7-21-22(27)9-12-28(5)23(21)10-13-29(28,36)18(3)32/h15,17,21-24,36H,6-14,16H2,1-5H3,(H,30,33)(H,34,35)/b31-20+/t21?,22?,23?,24?,27-,28-,29-/m0/s1. The summed E-state index contributed by atoms with van der Waals surface area (Å²) in [5.74, 6) is -0.0502. The third kappa shape index (κ3) is 4.86. The molecular weight excluding hydrogens is 472 g/mol. The molecule has 3 fully saturated rings. The molecule has 0 aromatic carbocycles. The van der Waals surface area contributed by atoms with E-state index in [0.29, 0.717) is 30.6 Å². The van der Waals surface area contributed by atoms with Gasteiger partial charge in [-0.05, 0) is 99.9 Å². The summed E-state index contributed by atoms with van der Waals surface area (Å²) in [5, 5.41) is 27.4. The van der Waals surface area contributed by atoms with E-state index in [9.17, 15) is 24.6 Å². The van der Waals surface area contributed by atoms with Crippen LogP contribution in [0.25, 0.3) is 0 Å². The highest BCUT2D eigenvalue weighted by atomic mass is 16.6. The van der Waals surface area contributed by atoms with Gasteiger partial charge >= 0.3 is 5.97 Å². The van der Waals surface area contributed by atoms with Gasteiger partial charge in [-0.1, -0.05) is 38.4 Å². The Balaban J connectivity index is 1.40. The Morgan fingerprint density at radius 1 is 1.11 bits per heavy atom. The summed E-state index contributed by atoms with van der Waals surface area (Å²) in [5.41, 5.74) is 0.765. The van der Waals surface area contributed by atoms with Crippen LogP contribution in [0.1, 0.15) is 92.4 Å². The number of hydrogen-bond acceptors (Lipinski definition) is 6. The molecule has 8 heteroatoms. The molecule has 0 saturated heterocycles. The smallest absolute Gasteiger partial charge is 0.326 e. The lowest BCUT2D eigenvalue weighted by atomic mass is 9.46. The molecule has 0 aromatic heterocycles. The SMILES string of the molecule is CC(=O)[C@@]1(O)CCC2C3CCC4=C/C(=N/OCC(=O)NC(CC(C)C)C(=O)O)CC[C@]4(C)C3CC[C@@]21C. The van der Waals surface area contributed by atoms with Crippen LogP contribution in [0.3, 0.4) is 0 Å². The zero-order valence-electron chi connectivity index (χ0n) is 23.0. The summed E-state index contributed by atoms with van der Waals surface area (Å²) in [6, 6.07) is -0.930. The number of carboxylic acids is 1. The van der Waals surface area contributed by atoms with Gasteiger partial charge in [-0.3, -0.25) is 9.59 Å². The third-order valence-corrected chi connectivity index (χ3v) is 10.4. The number of nitrogens with zero attached hydrogens (tertiary/aromatic N) is 1. The first kappa shape index (κ1) is 27.8. The average Bonchev–Trinajstić information content (AvgIpc) is 3.10. The Hall–Kier alpha value is -2.22. The number of hydrogen-bond donors (Lipinski definition) is 3. The lowest BCUT2D eigenvalue weighted by Gasteiger charge is -2.59. The van der Waals surface area contributed by atoms with Gasteiger partial charge in [0.15, 0.2) is 12.4 Å². The van der Waals surface area contributed by atoms with Crippen molar-refractivity contribution in [1.82, 2.24) is 5.32 Å². The average molecular weight is 517 g/mol. The summed E-state index contributed by atoms with van der Waals surface area (Å²) >= 11 is 0. The van der Waals surface area contributed by atoms with Crippen molar-refractivity contribution >= 4 is 23.4 Å². The highest BCUT2D eigenvalue weighted by Crippen LogP contribution is 2.67. The fraction of sp³-hybridized carbons (Fsp3) is 0.793. The first-order chi connectivity index (χ1) is 17.3. The molecule has 0 aromatic rings. The van der Waals surface area contributed by atoms with Crippen LogP contribution in [-0.2, 0) is 19.2 Å². The minimum Gasteiger partial charge on any atom is -0.480 e. The molecule has 4 rings (SSSR count). The predicted molar refractivity (Wildman–Crippen MR) is 140 cm³/mol. The van der Waals surface area contributed by atoms with E-state index in [2.05, 4.69) is 30.4 Å². The van der Waals surface area contributed by atoms with Gasteiger partial charge in [0.25, 0.3) is 5.91 Å². The van der Waals surface area contributed by atoms with E-state index in [1.807, 2.05) is 13.8 Å². The van der Waals surface area contributed by atoms with Crippen LogP contribution < -0.4 is 5.32 Å². The van der Waals surface area contributed by atoms with Crippen molar-refractivity contribution in [2.24, 2.45) is 39.7 Å². The van der Waals surface area contributed by atoms with Gasteiger partial charge < -0.3 is 20.4 Å². The molecule has 7 atom stereocenters. The predicted octanol–water partition coefficient (Wildman–Crippen LogP) is 4.26. The van der Waals surface area contributed by atoms with Crippen LogP contribution in [0, 0.1) is 34.5 Å². The molecule has 4 aliphatic rings. The summed E-state index contributed by atoms with van der Waals surface area (Å²) in [6.45, 7) is 9.58. The van der Waals surface area contributed by atoms with Gasteiger partial charge in [-0.2, -0.15) is 0 Å². The third-order valence-electron chi connectivity index (χ3n) is 10.4. The molecule has 1 amide bonds. The number of amides is 1. The first-order valence-electron chi connectivity index (χ1n) is 14.0. The summed E-state index contributed by atoms with van der Waals surface area (Å²) in [6.07, 6.45) is 9.66. The number of oxime groups is 1. The summed E-state index contributed by atoms with van der Waals surface area (Å²) in [4.78, 5) is 41.3. The number of nitrogens with one attached hydrogen (secondary N) is 1. The second kappa shape index (κ2) is 10.2. The maximum atomic E-state index is 12.4. The molecule has 0 heterocycles. The van der Waals surface area contributed by atoms with E-state index >= 15 is 0 Å². The Morgan fingerprint density at radius 2 is 1.81 bits per heavy atom. The topological polar surface area (TPSA) is 125 Å². The van der Waals surface area contributed by atoms with Gasteiger partial charge in [-0.25, -0.2) is 4.79 Å². The molecule has 0 aliphatic heterocycles. The largest absolute Gasteiger partial charge is 0.480 e. The number of Topliss-reactive ketones (excluding diaryl/α,β-unsaturated/α-hetero) is 1. The van der Waals surface area contributed by atoms with Crippen molar-refractivity contribution in [1.29, 1.82) is 0 Å². The minimum atomic E-state index is -1.19. The van der Waals surface area contributed by atoms with Gasteiger partial charge in [0.1, 0.15) is 11.6 Å². The molecule has 3 saturated carbocycles. The van der Waals surface area contributed by atoms with Crippen LogP contribution in [0.4, 0.5) is 0 Å². The van der Waals surface area contributed by atoms with Crippen molar-refractivity contribution < 1.29 is 29.4 Å². The maximum Gasteiger partial charge on any atom is 0.326 e. The fourth-order valence-electron chi connectivity index (χ4n) is 8.34. The van der Waals surface area contributed by atoms with Gasteiger partial charge in [0.05, 0.1) is 5.71 Å². The summed E-state index contributed by atoms with van der Waals surface area (Å²) < 4.78 is 0. The van der Waals surface area contributed by atoms with Crippen LogP contribution in [0.2, 0.25) is 0 Å². The van der Waals surface area contributed by atoms with Crippen molar-refractivity contribution in [3.05, 3.63) is 11.6 Å². The first-order valence-corrected chi connectivity index (χ1v) is 14.0. The second-order valence-corrected chi connectivity index (χ2v) is 12.9. The molecule has 0 bridgehead atoms. The van der Waals surface area contributed by atoms with Crippen molar-refractivity contribution in [2.75, 3.05) is 6.61 Å². The normalized spacial score (nSPS) is 38.7. The highest BCUT2D eigenvalue weighted by molar-refractivity contribution is 5.96. The van der Waals surface area contributed by atoms with Crippen molar-refractivity contribution in [3.63, 3.8) is 0 Å². The Morgan fingerprint density at radius 3 is 2.46 bits per heavy atom. The van der Waals surface area contributed by atoms with E-state index in [1.165, 1.54) is 5.57 Å². The molecule has 4 aliphatic carbocycles. The number of rotatable bonds is 8. The fourth-order valence-corrected chi connectivity index (χ4v) is 8.34. The van der Waals surface area contributed by atoms with E-state index in [0.717, 1.165) is 50.7 Å². The number of aliphatic hydroxyl groups is 1. The molecule has 3 N–H and O–H groups in total. The molecule has 0 spiro atoms. The molecule has 8 nitrogen and oxygen atoms in total. The van der Waals surface area contributed by atoms with Gasteiger partial charge in [0.2, 0.25) is 0 Å². The Kier molecular flexibility index (Phi) is 7.63. The monoisotopic (exact) mass is 516 g/mol. The quantitative estimate of drug-likeness (QED) is 0.414. The lowest BCUT2D eigenvalue weighted by Crippen LogP contribution is -2.57. The Labute approximate surface area is 220 Å². The van der Waals surface area contributed by atoms with Crippen molar-refractivity contribution in [3.8, 4) is 0 Å². The number of carbonyl (C=O) groups excluding carboxylic acids is 2. The Bertz CT molecular complexity index is 1000. The molecule has 4 unspecified atom stereocenters. The van der Waals surface area contributed by atoms with Crippen LogP contribution in [0.5, 0.6) is 0 Å². The molecular formula is C29H44N2O6. The van der Waals surface area contributed by atoms with E-state index in [-0.39, 0.29) is 29.1 Å². The van der Waals surface area contributed by atoms with Gasteiger partial charge in [0, 0.05) is 5.41 Å². The van der Waals surface area contributed by atoms with Crippen molar-refractivity contribution in [2.45, 2.75) is 104 Å². The number of ketones is 1. The van der Waals surface area contributed by atoms with Crippen LogP contribution in [-0.4, -0.2) is 51.8 Å². The number of allylic oxidation sites excluding steroid dienone is 2. The minimum absolute atomic E-state index is 0.0725. The zero-order valence-corrected chi connectivity index (χ0v) is 23.0. The van der Waals surface area contributed by atoms with E-state index in [4.69, 9.17) is 4.84 Å². The molecule has 0 radical (unpaired) electrons. The maximum absolute atomic E-state index is 12.4. The number of fused-ring (bicyclic) bond motifs is 5. The molecule has 37 heavy (non-hydrogen) atoms. The van der Waals surface area contributed by atoms with Gasteiger partial charge in [-0.15, -0.1) is 0 Å². The van der Waals surface area contributed by atoms with Crippen LogP contribution >= 0.6 is 0 Å². The number of carboxylic acid groups (broad SMARTS) is 1. The summed E-state index contributed by atoms with van der Waals surface area (Å²) in [7, 11) is 0. The van der Waals surface area contributed by atoms with Crippen LogP contribution in [0.15, 0.2) is 16.8 Å². The highest BCUT2D eigenvalue weighted by Gasteiger charge is 2.65.